The Hall–Kier alpha value is -2.00. The van der Waals surface area contributed by atoms with E-state index >= 15 is 0 Å². The summed E-state index contributed by atoms with van der Waals surface area (Å²) in [4.78, 5) is 0. The highest BCUT2D eigenvalue weighted by atomic mass is 16.5. The van der Waals surface area contributed by atoms with Gasteiger partial charge in [0.05, 0.1) is 14.2 Å². The van der Waals surface area contributed by atoms with E-state index in [0.29, 0.717) is 0 Å². The Morgan fingerprint density at radius 3 is 2.24 bits per heavy atom. The second-order valence-electron chi connectivity index (χ2n) is 4.93. The predicted octanol–water partition coefficient (Wildman–Crippen LogP) is 3.87. The Bertz CT molecular complexity index is 564. The van der Waals surface area contributed by atoms with Crippen molar-refractivity contribution in [1.82, 2.24) is 5.32 Å². The van der Waals surface area contributed by atoms with Gasteiger partial charge in [0, 0.05) is 12.1 Å². The fourth-order valence-corrected chi connectivity index (χ4v) is 2.28. The first-order valence-corrected chi connectivity index (χ1v) is 7.30. The van der Waals surface area contributed by atoms with E-state index in [2.05, 4.69) is 36.5 Å². The summed E-state index contributed by atoms with van der Waals surface area (Å²) in [6, 6.07) is 14.4. The molecule has 21 heavy (non-hydrogen) atoms. The lowest BCUT2D eigenvalue weighted by atomic mass is 10.0. The van der Waals surface area contributed by atoms with Crippen molar-refractivity contribution in [3.05, 3.63) is 48.0 Å². The standard InChI is InChI=1S/C18H23NO2/c1-4-11-19-13-16-12-15(7-10-18(16)21-3)14-5-8-17(20-2)9-6-14/h5-10,12,19H,4,11,13H2,1-3H3. The average Bonchev–Trinajstić information content (AvgIpc) is 2.55. The highest BCUT2D eigenvalue weighted by Crippen LogP contribution is 2.27. The van der Waals surface area contributed by atoms with Crippen molar-refractivity contribution in [2.75, 3.05) is 20.8 Å². The molecule has 0 aliphatic carbocycles. The molecule has 3 nitrogen and oxygen atoms in total. The van der Waals surface area contributed by atoms with Gasteiger partial charge in [-0.1, -0.05) is 25.1 Å². The molecule has 0 fully saturated rings. The van der Waals surface area contributed by atoms with Crippen LogP contribution in [0.2, 0.25) is 0 Å². The first kappa shape index (κ1) is 15.4. The van der Waals surface area contributed by atoms with Gasteiger partial charge in [-0.15, -0.1) is 0 Å². The third-order valence-corrected chi connectivity index (χ3v) is 3.45. The first-order chi connectivity index (χ1) is 10.3. The molecule has 0 atom stereocenters. The predicted molar refractivity (Wildman–Crippen MR) is 87.0 cm³/mol. The van der Waals surface area contributed by atoms with Crippen LogP contribution in [-0.4, -0.2) is 20.8 Å². The van der Waals surface area contributed by atoms with Crippen molar-refractivity contribution < 1.29 is 9.47 Å². The van der Waals surface area contributed by atoms with Gasteiger partial charge in [-0.2, -0.15) is 0 Å². The minimum Gasteiger partial charge on any atom is -0.497 e. The molecule has 0 spiro atoms. The van der Waals surface area contributed by atoms with Crippen LogP contribution in [0.15, 0.2) is 42.5 Å². The summed E-state index contributed by atoms with van der Waals surface area (Å²) in [6.07, 6.45) is 1.13. The quantitative estimate of drug-likeness (QED) is 0.783. The molecule has 2 aromatic carbocycles. The Morgan fingerprint density at radius 2 is 1.62 bits per heavy atom. The lowest BCUT2D eigenvalue weighted by Crippen LogP contribution is -2.14. The van der Waals surface area contributed by atoms with Gasteiger partial charge >= 0.3 is 0 Å². The topological polar surface area (TPSA) is 30.5 Å². The molecule has 0 saturated heterocycles. The van der Waals surface area contributed by atoms with Gasteiger partial charge in [0.15, 0.2) is 0 Å². The summed E-state index contributed by atoms with van der Waals surface area (Å²) in [6.45, 7) is 3.99. The second-order valence-corrected chi connectivity index (χ2v) is 4.93. The van der Waals surface area contributed by atoms with Crippen LogP contribution in [0.1, 0.15) is 18.9 Å². The summed E-state index contributed by atoms with van der Waals surface area (Å²) >= 11 is 0. The molecule has 0 bridgehead atoms. The highest BCUT2D eigenvalue weighted by molar-refractivity contribution is 5.66. The minimum absolute atomic E-state index is 0.820. The third-order valence-electron chi connectivity index (χ3n) is 3.45. The summed E-state index contributed by atoms with van der Waals surface area (Å²) in [5.74, 6) is 1.80. The van der Waals surface area contributed by atoms with Gasteiger partial charge < -0.3 is 14.8 Å². The van der Waals surface area contributed by atoms with E-state index < -0.39 is 0 Å². The normalized spacial score (nSPS) is 10.4. The Morgan fingerprint density at radius 1 is 0.905 bits per heavy atom. The summed E-state index contributed by atoms with van der Waals surface area (Å²) in [5, 5.41) is 3.42. The molecule has 0 radical (unpaired) electrons. The third kappa shape index (κ3) is 3.99. The molecule has 2 aromatic rings. The minimum atomic E-state index is 0.820. The van der Waals surface area contributed by atoms with Gasteiger partial charge in [-0.3, -0.25) is 0 Å². The zero-order valence-electron chi connectivity index (χ0n) is 13.0. The van der Waals surface area contributed by atoms with Crippen LogP contribution in [0, 0.1) is 0 Å². The van der Waals surface area contributed by atoms with Crippen LogP contribution < -0.4 is 14.8 Å². The van der Waals surface area contributed by atoms with Crippen LogP contribution in [0.25, 0.3) is 11.1 Å². The second kappa shape index (κ2) is 7.70. The summed E-state index contributed by atoms with van der Waals surface area (Å²) < 4.78 is 10.6. The fraction of sp³-hybridized carbons (Fsp3) is 0.333. The number of methoxy groups -OCH3 is 2. The van der Waals surface area contributed by atoms with Crippen molar-refractivity contribution >= 4 is 0 Å². The Labute approximate surface area is 126 Å². The Kier molecular flexibility index (Phi) is 5.64. The smallest absolute Gasteiger partial charge is 0.123 e. The van der Waals surface area contributed by atoms with E-state index in [1.165, 1.54) is 16.7 Å². The van der Waals surface area contributed by atoms with Crippen molar-refractivity contribution in [2.24, 2.45) is 0 Å². The zero-order valence-corrected chi connectivity index (χ0v) is 13.0. The van der Waals surface area contributed by atoms with Crippen molar-refractivity contribution in [3.8, 4) is 22.6 Å². The number of nitrogens with one attached hydrogen (secondary N) is 1. The average molecular weight is 285 g/mol. The Balaban J connectivity index is 2.24. The van der Waals surface area contributed by atoms with Gasteiger partial charge in [-0.05, 0) is 48.4 Å². The van der Waals surface area contributed by atoms with E-state index in [4.69, 9.17) is 9.47 Å². The molecule has 0 aliphatic rings. The monoisotopic (exact) mass is 285 g/mol. The molecular formula is C18H23NO2. The highest BCUT2D eigenvalue weighted by Gasteiger charge is 2.06. The van der Waals surface area contributed by atoms with E-state index in [1.807, 2.05) is 18.2 Å². The maximum absolute atomic E-state index is 5.44. The molecule has 0 unspecified atom stereocenters. The van der Waals surface area contributed by atoms with E-state index in [0.717, 1.165) is 31.0 Å². The number of ether oxygens (including phenoxy) is 2. The van der Waals surface area contributed by atoms with Gasteiger partial charge in [-0.25, -0.2) is 0 Å². The van der Waals surface area contributed by atoms with Crippen LogP contribution in [-0.2, 0) is 6.54 Å². The zero-order chi connectivity index (χ0) is 15.1. The van der Waals surface area contributed by atoms with Gasteiger partial charge in [0.2, 0.25) is 0 Å². The molecule has 0 amide bonds. The number of hydrogen-bond acceptors (Lipinski definition) is 3. The van der Waals surface area contributed by atoms with Crippen LogP contribution in [0.3, 0.4) is 0 Å². The maximum Gasteiger partial charge on any atom is 0.123 e. The molecule has 1 N–H and O–H groups in total. The summed E-state index contributed by atoms with van der Waals surface area (Å²) in [7, 11) is 3.39. The van der Waals surface area contributed by atoms with Crippen molar-refractivity contribution in [2.45, 2.75) is 19.9 Å². The molecule has 0 saturated carbocycles. The van der Waals surface area contributed by atoms with Crippen molar-refractivity contribution in [1.29, 1.82) is 0 Å². The maximum atomic E-state index is 5.44. The first-order valence-electron chi connectivity index (χ1n) is 7.30. The number of rotatable bonds is 7. The van der Waals surface area contributed by atoms with Crippen LogP contribution in [0.4, 0.5) is 0 Å². The van der Waals surface area contributed by atoms with Crippen molar-refractivity contribution in [3.63, 3.8) is 0 Å². The van der Waals surface area contributed by atoms with E-state index in [1.54, 1.807) is 14.2 Å². The molecule has 2 rings (SSSR count). The molecular weight excluding hydrogens is 262 g/mol. The lowest BCUT2D eigenvalue weighted by Gasteiger charge is -2.12. The fourth-order valence-electron chi connectivity index (χ4n) is 2.28. The number of hydrogen-bond donors (Lipinski definition) is 1. The van der Waals surface area contributed by atoms with Crippen LogP contribution in [0.5, 0.6) is 11.5 Å². The molecule has 112 valence electrons. The van der Waals surface area contributed by atoms with Crippen LogP contribution >= 0.6 is 0 Å². The lowest BCUT2D eigenvalue weighted by molar-refractivity contribution is 0.408. The molecule has 0 aromatic heterocycles. The van der Waals surface area contributed by atoms with E-state index in [-0.39, 0.29) is 0 Å². The SMILES string of the molecule is CCCNCc1cc(-c2ccc(OC)cc2)ccc1OC. The van der Waals surface area contributed by atoms with Gasteiger partial charge in [0.25, 0.3) is 0 Å². The largest absolute Gasteiger partial charge is 0.497 e. The molecule has 0 aliphatic heterocycles. The molecule has 0 heterocycles. The molecule has 3 heteroatoms. The van der Waals surface area contributed by atoms with E-state index in [9.17, 15) is 0 Å². The number of benzene rings is 2. The van der Waals surface area contributed by atoms with Gasteiger partial charge in [0.1, 0.15) is 11.5 Å². The summed E-state index contributed by atoms with van der Waals surface area (Å²) in [5.41, 5.74) is 3.54.